The van der Waals surface area contributed by atoms with Gasteiger partial charge in [0.1, 0.15) is 0 Å². The molecule has 0 bridgehead atoms. The summed E-state index contributed by atoms with van der Waals surface area (Å²) in [5, 5.41) is 12.5. The molecule has 2 aromatic carbocycles. The molecule has 0 aromatic heterocycles. The van der Waals surface area contributed by atoms with E-state index in [1.54, 1.807) is 18.2 Å². The van der Waals surface area contributed by atoms with Gasteiger partial charge in [-0.3, -0.25) is 0 Å². The van der Waals surface area contributed by atoms with Crippen molar-refractivity contribution >= 4 is 17.3 Å². The lowest BCUT2D eigenvalue weighted by atomic mass is 10.1. The van der Waals surface area contributed by atoms with Gasteiger partial charge in [0.25, 0.3) is 0 Å². The highest BCUT2D eigenvalue weighted by atomic mass is 16.4. The van der Waals surface area contributed by atoms with Gasteiger partial charge in [0.15, 0.2) is 0 Å². The average molecular weight is 253 g/mol. The molecule has 1 aliphatic carbocycles. The predicted molar refractivity (Wildman–Crippen MR) is 75.2 cm³/mol. The molecule has 3 rings (SSSR count). The zero-order chi connectivity index (χ0) is 13.2. The summed E-state index contributed by atoms with van der Waals surface area (Å²) in [6.07, 6.45) is 3.35. The van der Waals surface area contributed by atoms with Crippen molar-refractivity contribution in [2.45, 2.75) is 19.3 Å². The number of nitrogens with one attached hydrogen (secondary N) is 1. The molecule has 0 spiro atoms. The van der Waals surface area contributed by atoms with E-state index in [1.165, 1.54) is 17.5 Å². The molecular formula is C16H15NO2. The summed E-state index contributed by atoms with van der Waals surface area (Å²) in [4.78, 5) is 11.2. The fourth-order valence-corrected chi connectivity index (χ4v) is 2.66. The number of hydrogen-bond donors (Lipinski definition) is 2. The Morgan fingerprint density at radius 3 is 2.63 bits per heavy atom. The Balaban J connectivity index is 1.99. The molecule has 2 N–H and O–H groups in total. The zero-order valence-electron chi connectivity index (χ0n) is 10.5. The quantitative estimate of drug-likeness (QED) is 0.878. The molecule has 0 unspecified atom stereocenters. The SMILES string of the molecule is O=C(O)c1ccccc1Nc1cccc2c1CCC2. The molecule has 1 aliphatic rings. The van der Waals surface area contributed by atoms with Gasteiger partial charge >= 0.3 is 5.97 Å². The summed E-state index contributed by atoms with van der Waals surface area (Å²) < 4.78 is 0. The number of para-hydroxylation sites is 1. The largest absolute Gasteiger partial charge is 0.478 e. The topological polar surface area (TPSA) is 49.3 Å². The van der Waals surface area contributed by atoms with Gasteiger partial charge < -0.3 is 10.4 Å². The average Bonchev–Trinajstić information content (AvgIpc) is 2.88. The molecule has 0 aliphatic heterocycles. The van der Waals surface area contributed by atoms with E-state index in [0.717, 1.165) is 18.5 Å². The Morgan fingerprint density at radius 1 is 1.00 bits per heavy atom. The van der Waals surface area contributed by atoms with Crippen LogP contribution in [0.15, 0.2) is 42.5 Å². The molecule has 0 radical (unpaired) electrons. The van der Waals surface area contributed by atoms with Crippen molar-refractivity contribution in [1.29, 1.82) is 0 Å². The van der Waals surface area contributed by atoms with Crippen molar-refractivity contribution in [3.63, 3.8) is 0 Å². The number of carboxylic acids is 1. The van der Waals surface area contributed by atoms with Crippen LogP contribution < -0.4 is 5.32 Å². The van der Waals surface area contributed by atoms with Gasteiger partial charge in [0.2, 0.25) is 0 Å². The summed E-state index contributed by atoms with van der Waals surface area (Å²) >= 11 is 0. The summed E-state index contributed by atoms with van der Waals surface area (Å²) in [6, 6.07) is 13.2. The van der Waals surface area contributed by atoms with Gasteiger partial charge in [-0.1, -0.05) is 24.3 Å². The van der Waals surface area contributed by atoms with Crippen LogP contribution in [0.4, 0.5) is 11.4 Å². The van der Waals surface area contributed by atoms with Crippen molar-refractivity contribution in [3.05, 3.63) is 59.2 Å². The molecular weight excluding hydrogens is 238 g/mol. The van der Waals surface area contributed by atoms with Crippen LogP contribution in [-0.4, -0.2) is 11.1 Å². The second-order valence-electron chi connectivity index (χ2n) is 4.77. The minimum Gasteiger partial charge on any atom is -0.478 e. The summed E-state index contributed by atoms with van der Waals surface area (Å²) in [5.41, 5.74) is 4.68. The van der Waals surface area contributed by atoms with E-state index in [9.17, 15) is 9.90 Å². The molecule has 19 heavy (non-hydrogen) atoms. The van der Waals surface area contributed by atoms with Crippen LogP contribution in [0.3, 0.4) is 0 Å². The van der Waals surface area contributed by atoms with Gasteiger partial charge in [-0.25, -0.2) is 4.79 Å². The number of benzene rings is 2. The van der Waals surface area contributed by atoms with E-state index < -0.39 is 5.97 Å². The third kappa shape index (κ3) is 2.19. The number of rotatable bonds is 3. The van der Waals surface area contributed by atoms with Crippen molar-refractivity contribution in [2.24, 2.45) is 0 Å². The predicted octanol–water partition coefficient (Wildman–Crippen LogP) is 3.62. The van der Waals surface area contributed by atoms with Gasteiger partial charge in [0, 0.05) is 5.69 Å². The smallest absolute Gasteiger partial charge is 0.337 e. The maximum absolute atomic E-state index is 11.2. The normalized spacial score (nSPS) is 13.1. The van der Waals surface area contributed by atoms with Crippen molar-refractivity contribution in [3.8, 4) is 0 Å². The lowest BCUT2D eigenvalue weighted by Crippen LogP contribution is -2.03. The highest BCUT2D eigenvalue weighted by Gasteiger charge is 2.16. The van der Waals surface area contributed by atoms with Crippen LogP contribution in [0.1, 0.15) is 27.9 Å². The fourth-order valence-electron chi connectivity index (χ4n) is 2.66. The first-order valence-corrected chi connectivity index (χ1v) is 6.46. The van der Waals surface area contributed by atoms with E-state index in [1.807, 2.05) is 18.2 Å². The molecule has 3 nitrogen and oxygen atoms in total. The molecule has 2 aromatic rings. The van der Waals surface area contributed by atoms with E-state index in [2.05, 4.69) is 11.4 Å². The number of anilines is 2. The minimum atomic E-state index is -0.907. The third-order valence-electron chi connectivity index (χ3n) is 3.57. The number of aryl methyl sites for hydroxylation is 1. The molecule has 0 amide bonds. The fraction of sp³-hybridized carbons (Fsp3) is 0.188. The second-order valence-corrected chi connectivity index (χ2v) is 4.77. The molecule has 3 heteroatoms. The Hall–Kier alpha value is -2.29. The molecule has 0 fully saturated rings. The lowest BCUT2D eigenvalue weighted by Gasteiger charge is -2.13. The first-order valence-electron chi connectivity index (χ1n) is 6.46. The molecule has 0 saturated heterocycles. The monoisotopic (exact) mass is 253 g/mol. The van der Waals surface area contributed by atoms with E-state index >= 15 is 0 Å². The summed E-state index contributed by atoms with van der Waals surface area (Å²) in [5.74, 6) is -0.907. The van der Waals surface area contributed by atoms with Crippen LogP contribution in [0.5, 0.6) is 0 Å². The second kappa shape index (κ2) is 4.76. The molecule has 0 atom stereocenters. The molecule has 96 valence electrons. The van der Waals surface area contributed by atoms with E-state index in [-0.39, 0.29) is 0 Å². The third-order valence-corrected chi connectivity index (χ3v) is 3.57. The number of carbonyl (C=O) groups is 1. The van der Waals surface area contributed by atoms with Crippen molar-refractivity contribution < 1.29 is 9.90 Å². The van der Waals surface area contributed by atoms with Crippen molar-refractivity contribution in [2.75, 3.05) is 5.32 Å². The highest BCUT2D eigenvalue weighted by molar-refractivity contribution is 5.95. The number of hydrogen-bond acceptors (Lipinski definition) is 2. The van der Waals surface area contributed by atoms with E-state index in [4.69, 9.17) is 0 Å². The molecule has 0 saturated carbocycles. The first-order chi connectivity index (χ1) is 9.25. The number of aromatic carboxylic acids is 1. The summed E-state index contributed by atoms with van der Waals surface area (Å²) in [7, 11) is 0. The van der Waals surface area contributed by atoms with E-state index in [0.29, 0.717) is 11.3 Å². The zero-order valence-corrected chi connectivity index (χ0v) is 10.5. The van der Waals surface area contributed by atoms with Gasteiger partial charge in [0.05, 0.1) is 11.3 Å². The number of carboxylic acid groups (broad SMARTS) is 1. The van der Waals surface area contributed by atoms with Crippen LogP contribution >= 0.6 is 0 Å². The Kier molecular flexibility index (Phi) is 2.95. The Labute approximate surface area is 111 Å². The van der Waals surface area contributed by atoms with Crippen LogP contribution in [-0.2, 0) is 12.8 Å². The van der Waals surface area contributed by atoms with Crippen LogP contribution in [0.25, 0.3) is 0 Å². The highest BCUT2D eigenvalue weighted by Crippen LogP contribution is 2.31. The lowest BCUT2D eigenvalue weighted by molar-refractivity contribution is 0.0698. The standard InChI is InChI=1S/C16H15NO2/c18-16(19)13-7-1-2-9-15(13)17-14-10-4-6-11-5-3-8-12(11)14/h1-2,4,6-7,9-10,17H,3,5,8H2,(H,18,19). The maximum atomic E-state index is 11.2. The maximum Gasteiger partial charge on any atom is 0.337 e. The van der Waals surface area contributed by atoms with Crippen LogP contribution in [0, 0.1) is 0 Å². The first kappa shape index (κ1) is 11.8. The Bertz CT molecular complexity index is 634. The summed E-state index contributed by atoms with van der Waals surface area (Å²) in [6.45, 7) is 0. The van der Waals surface area contributed by atoms with Crippen LogP contribution in [0.2, 0.25) is 0 Å². The minimum absolute atomic E-state index is 0.304. The van der Waals surface area contributed by atoms with Gasteiger partial charge in [-0.05, 0) is 48.6 Å². The van der Waals surface area contributed by atoms with Crippen molar-refractivity contribution in [1.82, 2.24) is 0 Å². The van der Waals surface area contributed by atoms with Gasteiger partial charge in [-0.2, -0.15) is 0 Å². The number of fused-ring (bicyclic) bond motifs is 1. The van der Waals surface area contributed by atoms with Gasteiger partial charge in [-0.15, -0.1) is 0 Å². The Morgan fingerprint density at radius 2 is 1.79 bits per heavy atom. The molecule has 0 heterocycles.